The van der Waals surface area contributed by atoms with Crippen LogP contribution in [0, 0.1) is 11.3 Å². The highest BCUT2D eigenvalue weighted by Crippen LogP contribution is 2.50. The molecule has 0 aromatic heterocycles. The van der Waals surface area contributed by atoms with E-state index in [-0.39, 0.29) is 12.0 Å². The molecule has 1 saturated heterocycles. The van der Waals surface area contributed by atoms with Gasteiger partial charge in [-0.2, -0.15) is 0 Å². The summed E-state index contributed by atoms with van der Waals surface area (Å²) in [6.45, 7) is 16.1. The number of aliphatic carboxylic acids is 1. The molecule has 1 aliphatic heterocycles. The van der Waals surface area contributed by atoms with Crippen LogP contribution in [-0.2, 0) is 26.3 Å². The van der Waals surface area contributed by atoms with Gasteiger partial charge in [0.1, 0.15) is 11.8 Å². The van der Waals surface area contributed by atoms with Crippen LogP contribution in [0.1, 0.15) is 78.1 Å². The normalized spacial score (nSPS) is 22.0. The van der Waals surface area contributed by atoms with Crippen molar-refractivity contribution in [1.29, 1.82) is 0 Å². The Kier molecular flexibility index (Phi) is 8.82. The molecule has 2 aromatic rings. The monoisotopic (exact) mass is 525 g/mol. The van der Waals surface area contributed by atoms with Crippen molar-refractivity contribution in [3.63, 3.8) is 0 Å². The average Bonchev–Trinajstić information content (AvgIpc) is 3.18. The summed E-state index contributed by atoms with van der Waals surface area (Å²) in [5.41, 5.74) is 2.24. The summed E-state index contributed by atoms with van der Waals surface area (Å²) in [6.07, 6.45) is -1.67. The first-order valence-corrected chi connectivity index (χ1v) is 13.2. The predicted octanol–water partition coefficient (Wildman–Crippen LogP) is 6.60. The summed E-state index contributed by atoms with van der Waals surface area (Å²) >= 11 is 0. The Morgan fingerprint density at radius 1 is 1.00 bits per heavy atom. The van der Waals surface area contributed by atoms with Gasteiger partial charge in [-0.1, -0.05) is 77.9 Å². The van der Waals surface area contributed by atoms with Gasteiger partial charge in [0.25, 0.3) is 0 Å². The maximum Gasteiger partial charge on any atom is 0.411 e. The van der Waals surface area contributed by atoms with Crippen LogP contribution in [0.25, 0.3) is 0 Å². The molecule has 3 rings (SSSR count). The number of carboxylic acids is 1. The minimum atomic E-state index is -1.13. The second kappa shape index (κ2) is 11.4. The van der Waals surface area contributed by atoms with Crippen LogP contribution in [0.15, 0.2) is 48.5 Å². The van der Waals surface area contributed by atoms with Crippen LogP contribution in [0.2, 0.25) is 0 Å². The zero-order chi connectivity index (χ0) is 28.4. The van der Waals surface area contributed by atoms with E-state index in [0.29, 0.717) is 5.75 Å². The molecule has 208 valence electrons. The van der Waals surface area contributed by atoms with Crippen LogP contribution >= 0.6 is 0 Å². The summed E-state index contributed by atoms with van der Waals surface area (Å²) in [7, 11) is 1.63. The highest BCUT2D eigenvalue weighted by atomic mass is 16.6. The van der Waals surface area contributed by atoms with Gasteiger partial charge in [-0.05, 0) is 47.9 Å². The lowest BCUT2D eigenvalue weighted by molar-refractivity contribution is -0.145. The van der Waals surface area contributed by atoms with Crippen LogP contribution in [0.5, 0.6) is 5.75 Å². The number of nitrogens with zero attached hydrogens (tertiary/aromatic N) is 1. The molecule has 1 amide bonds. The Bertz CT molecular complexity index is 1120. The lowest BCUT2D eigenvalue weighted by Gasteiger charge is -2.35. The summed E-state index contributed by atoms with van der Waals surface area (Å²) in [4.78, 5) is 27.6. The van der Waals surface area contributed by atoms with E-state index in [9.17, 15) is 14.7 Å². The van der Waals surface area contributed by atoms with Gasteiger partial charge in [0.2, 0.25) is 0 Å². The van der Waals surface area contributed by atoms with Crippen molar-refractivity contribution in [2.45, 2.75) is 91.7 Å². The second-order valence-corrected chi connectivity index (χ2v) is 12.4. The van der Waals surface area contributed by atoms with Crippen molar-refractivity contribution in [2.24, 2.45) is 11.3 Å². The molecular formula is C31H43NO6. The molecule has 2 aromatic carbocycles. The zero-order valence-electron chi connectivity index (χ0n) is 24.1. The quantitative estimate of drug-likeness (QED) is 0.439. The minimum absolute atomic E-state index is 0.0687. The van der Waals surface area contributed by atoms with Crippen molar-refractivity contribution in [1.82, 2.24) is 4.90 Å². The molecule has 0 radical (unpaired) electrons. The zero-order valence-corrected chi connectivity index (χ0v) is 24.1. The number of amides is 1. The number of ether oxygens (including phenoxy) is 3. The minimum Gasteiger partial charge on any atom is -0.496 e. The van der Waals surface area contributed by atoms with E-state index in [2.05, 4.69) is 26.8 Å². The van der Waals surface area contributed by atoms with Crippen LogP contribution in [0.4, 0.5) is 4.79 Å². The SMILES string of the molecule is COc1ccc(C(C)(C)C)cc1CO[C@H]1[C@H](C(C)(C)C)[C@@H](C(=O)O)N(C(=O)OC(C)C)[C@H]1c1ccccc1. The third-order valence-electron chi connectivity index (χ3n) is 7.12. The van der Waals surface area contributed by atoms with Gasteiger partial charge in [0.15, 0.2) is 0 Å². The molecule has 4 atom stereocenters. The van der Waals surface area contributed by atoms with Crippen molar-refractivity contribution in [3.8, 4) is 5.75 Å². The predicted molar refractivity (Wildman–Crippen MR) is 147 cm³/mol. The molecule has 0 saturated carbocycles. The number of rotatable bonds is 7. The third-order valence-corrected chi connectivity index (χ3v) is 7.12. The Hall–Kier alpha value is -3.06. The number of methoxy groups -OCH3 is 1. The van der Waals surface area contributed by atoms with Gasteiger partial charge in [0.05, 0.1) is 32.0 Å². The first kappa shape index (κ1) is 29.5. The fourth-order valence-corrected chi connectivity index (χ4v) is 5.35. The number of hydrogen-bond acceptors (Lipinski definition) is 5. The van der Waals surface area contributed by atoms with Gasteiger partial charge in [-0.25, -0.2) is 9.59 Å². The topological polar surface area (TPSA) is 85.3 Å². The maximum atomic E-state index is 13.5. The highest BCUT2D eigenvalue weighted by Gasteiger charge is 2.59. The smallest absolute Gasteiger partial charge is 0.411 e. The van der Waals surface area contributed by atoms with Gasteiger partial charge in [-0.3, -0.25) is 4.90 Å². The molecule has 0 unspecified atom stereocenters. The number of hydrogen-bond donors (Lipinski definition) is 1. The summed E-state index contributed by atoms with van der Waals surface area (Å²) in [5.74, 6) is -0.892. The number of benzene rings is 2. The summed E-state index contributed by atoms with van der Waals surface area (Å²) in [6, 6.07) is 13.8. The molecule has 1 aliphatic rings. The van der Waals surface area contributed by atoms with Crippen LogP contribution in [-0.4, -0.2) is 47.4 Å². The summed E-state index contributed by atoms with van der Waals surface area (Å²) in [5, 5.41) is 10.5. The largest absolute Gasteiger partial charge is 0.496 e. The third kappa shape index (κ3) is 6.32. The molecule has 7 heteroatoms. The number of carboxylic acid groups (broad SMARTS) is 1. The van der Waals surface area contributed by atoms with Gasteiger partial charge < -0.3 is 19.3 Å². The second-order valence-electron chi connectivity index (χ2n) is 12.4. The Morgan fingerprint density at radius 2 is 1.63 bits per heavy atom. The Balaban J connectivity index is 2.14. The molecule has 1 fully saturated rings. The van der Waals surface area contributed by atoms with E-state index in [1.165, 1.54) is 4.90 Å². The van der Waals surface area contributed by atoms with Crippen molar-refractivity contribution < 1.29 is 28.9 Å². The van der Waals surface area contributed by atoms with Crippen LogP contribution < -0.4 is 4.74 Å². The van der Waals surface area contributed by atoms with E-state index in [4.69, 9.17) is 14.2 Å². The first-order chi connectivity index (χ1) is 17.7. The van der Waals surface area contributed by atoms with E-state index in [1.807, 2.05) is 63.2 Å². The standard InChI is InChI=1S/C31H43NO6/c1-19(2)38-29(35)32-25(20-13-11-10-12-14-20)27(24(31(6,7)8)26(32)28(33)34)37-18-21-17-22(30(3,4)5)15-16-23(21)36-9/h10-17,19,24-27H,18H2,1-9H3,(H,33,34)/t24-,25+,26+,27+/m1/s1. The molecule has 7 nitrogen and oxygen atoms in total. The highest BCUT2D eigenvalue weighted by molar-refractivity contribution is 5.82. The lowest BCUT2D eigenvalue weighted by atomic mass is 9.73. The molecule has 1 heterocycles. The number of carbonyl (C=O) groups is 2. The molecule has 1 N–H and O–H groups in total. The van der Waals surface area contributed by atoms with E-state index in [1.54, 1.807) is 21.0 Å². The molecule has 0 bridgehead atoms. The molecule has 0 spiro atoms. The van der Waals surface area contributed by atoms with E-state index >= 15 is 0 Å². The molecule has 38 heavy (non-hydrogen) atoms. The summed E-state index contributed by atoms with van der Waals surface area (Å²) < 4.78 is 17.9. The van der Waals surface area contributed by atoms with Gasteiger partial charge in [0, 0.05) is 11.5 Å². The average molecular weight is 526 g/mol. The molecule has 0 aliphatic carbocycles. The van der Waals surface area contributed by atoms with Crippen molar-refractivity contribution >= 4 is 12.1 Å². The van der Waals surface area contributed by atoms with Crippen molar-refractivity contribution in [2.75, 3.05) is 7.11 Å². The van der Waals surface area contributed by atoms with E-state index < -0.39 is 47.7 Å². The fourth-order valence-electron chi connectivity index (χ4n) is 5.35. The van der Waals surface area contributed by atoms with Gasteiger partial charge >= 0.3 is 12.1 Å². The van der Waals surface area contributed by atoms with Gasteiger partial charge in [-0.15, -0.1) is 0 Å². The van der Waals surface area contributed by atoms with Crippen molar-refractivity contribution in [3.05, 3.63) is 65.2 Å². The Labute approximate surface area is 227 Å². The molecular weight excluding hydrogens is 482 g/mol. The fraction of sp³-hybridized carbons (Fsp3) is 0.548. The number of carbonyl (C=O) groups excluding carboxylic acids is 1. The van der Waals surface area contributed by atoms with Crippen LogP contribution in [0.3, 0.4) is 0 Å². The first-order valence-electron chi connectivity index (χ1n) is 13.2. The Morgan fingerprint density at radius 3 is 2.13 bits per heavy atom. The number of likely N-dealkylation sites (tertiary alicyclic amines) is 1. The lowest BCUT2D eigenvalue weighted by Crippen LogP contribution is -2.47. The maximum absolute atomic E-state index is 13.5. The van der Waals surface area contributed by atoms with E-state index in [0.717, 1.165) is 16.7 Å².